The summed E-state index contributed by atoms with van der Waals surface area (Å²) in [4.78, 5) is 3.97. The Kier molecular flexibility index (Phi) is 4.22. The van der Waals surface area contributed by atoms with Gasteiger partial charge in [-0.2, -0.15) is 5.26 Å². The molecule has 0 aliphatic rings. The molecular formula is C15H14FN3. The van der Waals surface area contributed by atoms with E-state index in [4.69, 9.17) is 5.26 Å². The van der Waals surface area contributed by atoms with Gasteiger partial charge in [-0.15, -0.1) is 0 Å². The average molecular weight is 255 g/mol. The SMILES string of the molecule is C[C@H](NCc1cc(F)cc(C#N)c1)c1ccncc1. The van der Waals surface area contributed by atoms with Crippen LogP contribution in [0.5, 0.6) is 0 Å². The zero-order chi connectivity index (χ0) is 13.7. The highest BCUT2D eigenvalue weighted by Gasteiger charge is 2.05. The minimum absolute atomic E-state index is 0.136. The number of benzene rings is 1. The van der Waals surface area contributed by atoms with Gasteiger partial charge in [0.15, 0.2) is 0 Å². The minimum atomic E-state index is -0.382. The van der Waals surface area contributed by atoms with Crippen molar-refractivity contribution in [2.24, 2.45) is 0 Å². The highest BCUT2D eigenvalue weighted by molar-refractivity contribution is 5.33. The molecule has 2 aromatic rings. The van der Waals surface area contributed by atoms with Crippen molar-refractivity contribution in [2.45, 2.75) is 19.5 Å². The average Bonchev–Trinajstić information content (AvgIpc) is 2.45. The van der Waals surface area contributed by atoms with Crippen LogP contribution in [0.1, 0.15) is 29.7 Å². The van der Waals surface area contributed by atoms with Crippen molar-refractivity contribution in [3.8, 4) is 6.07 Å². The predicted octanol–water partition coefficient (Wildman–Crippen LogP) is 2.94. The Morgan fingerprint density at radius 1 is 1.32 bits per heavy atom. The van der Waals surface area contributed by atoms with Crippen molar-refractivity contribution in [1.82, 2.24) is 10.3 Å². The maximum absolute atomic E-state index is 13.3. The van der Waals surface area contributed by atoms with Crippen LogP contribution in [-0.2, 0) is 6.54 Å². The third-order valence-electron chi connectivity index (χ3n) is 2.91. The molecule has 1 heterocycles. The van der Waals surface area contributed by atoms with Gasteiger partial charge >= 0.3 is 0 Å². The first-order valence-corrected chi connectivity index (χ1v) is 6.02. The summed E-state index contributed by atoms with van der Waals surface area (Å²) >= 11 is 0. The van der Waals surface area contributed by atoms with E-state index in [0.717, 1.165) is 11.1 Å². The molecule has 0 amide bonds. The van der Waals surface area contributed by atoms with Gasteiger partial charge in [-0.25, -0.2) is 4.39 Å². The first-order chi connectivity index (χ1) is 9.19. The second-order valence-corrected chi connectivity index (χ2v) is 4.34. The van der Waals surface area contributed by atoms with Gasteiger partial charge in [-0.1, -0.05) is 0 Å². The second-order valence-electron chi connectivity index (χ2n) is 4.34. The van der Waals surface area contributed by atoms with Crippen LogP contribution in [0.25, 0.3) is 0 Å². The summed E-state index contributed by atoms with van der Waals surface area (Å²) in [6, 6.07) is 10.3. The van der Waals surface area contributed by atoms with Gasteiger partial charge in [-0.05, 0) is 48.4 Å². The number of aromatic nitrogens is 1. The highest BCUT2D eigenvalue weighted by Crippen LogP contribution is 2.13. The summed E-state index contributed by atoms with van der Waals surface area (Å²) in [7, 11) is 0. The summed E-state index contributed by atoms with van der Waals surface area (Å²) in [5, 5.41) is 12.1. The van der Waals surface area contributed by atoms with Gasteiger partial charge in [0.2, 0.25) is 0 Å². The zero-order valence-corrected chi connectivity index (χ0v) is 10.6. The van der Waals surface area contributed by atoms with E-state index in [-0.39, 0.29) is 11.9 Å². The molecule has 1 N–H and O–H groups in total. The van der Waals surface area contributed by atoms with E-state index in [0.29, 0.717) is 12.1 Å². The second kappa shape index (κ2) is 6.07. The fourth-order valence-electron chi connectivity index (χ4n) is 1.86. The van der Waals surface area contributed by atoms with Crippen LogP contribution in [0.2, 0.25) is 0 Å². The summed E-state index contributed by atoms with van der Waals surface area (Å²) in [5.41, 5.74) is 2.22. The van der Waals surface area contributed by atoms with Gasteiger partial charge in [0.05, 0.1) is 11.6 Å². The van der Waals surface area contributed by atoms with Crippen LogP contribution in [0, 0.1) is 17.1 Å². The topological polar surface area (TPSA) is 48.7 Å². The van der Waals surface area contributed by atoms with Crippen molar-refractivity contribution < 1.29 is 4.39 Å². The molecule has 0 aliphatic carbocycles. The fraction of sp³-hybridized carbons (Fsp3) is 0.200. The Balaban J connectivity index is 2.03. The van der Waals surface area contributed by atoms with E-state index in [2.05, 4.69) is 10.3 Å². The van der Waals surface area contributed by atoms with Crippen molar-refractivity contribution >= 4 is 0 Å². The quantitative estimate of drug-likeness (QED) is 0.913. The third-order valence-corrected chi connectivity index (χ3v) is 2.91. The first-order valence-electron chi connectivity index (χ1n) is 6.02. The number of nitriles is 1. The van der Waals surface area contributed by atoms with Crippen molar-refractivity contribution in [1.29, 1.82) is 5.26 Å². The molecule has 3 nitrogen and oxygen atoms in total. The molecule has 0 bridgehead atoms. The van der Waals surface area contributed by atoms with Gasteiger partial charge in [0, 0.05) is 25.0 Å². The Bertz CT molecular complexity index is 590. The van der Waals surface area contributed by atoms with Gasteiger partial charge in [0.1, 0.15) is 5.82 Å². The van der Waals surface area contributed by atoms with E-state index < -0.39 is 0 Å². The lowest BCUT2D eigenvalue weighted by atomic mass is 10.1. The monoisotopic (exact) mass is 255 g/mol. The number of hydrogen-bond donors (Lipinski definition) is 1. The van der Waals surface area contributed by atoms with Gasteiger partial charge < -0.3 is 5.32 Å². The maximum Gasteiger partial charge on any atom is 0.124 e. The lowest BCUT2D eigenvalue weighted by Gasteiger charge is -2.14. The molecular weight excluding hydrogens is 241 g/mol. The molecule has 0 fully saturated rings. The van der Waals surface area contributed by atoms with Crippen molar-refractivity contribution in [2.75, 3.05) is 0 Å². The van der Waals surface area contributed by atoms with Crippen LogP contribution < -0.4 is 5.32 Å². The number of halogens is 1. The zero-order valence-electron chi connectivity index (χ0n) is 10.6. The van der Waals surface area contributed by atoms with Crippen LogP contribution in [0.4, 0.5) is 4.39 Å². The molecule has 0 spiro atoms. The highest BCUT2D eigenvalue weighted by atomic mass is 19.1. The molecule has 1 atom stereocenters. The number of pyridine rings is 1. The molecule has 0 aliphatic heterocycles. The Hall–Kier alpha value is -2.25. The minimum Gasteiger partial charge on any atom is -0.306 e. The van der Waals surface area contributed by atoms with E-state index >= 15 is 0 Å². The van der Waals surface area contributed by atoms with Crippen LogP contribution in [0.15, 0.2) is 42.7 Å². The van der Waals surface area contributed by atoms with E-state index in [1.807, 2.05) is 25.1 Å². The van der Waals surface area contributed by atoms with Crippen LogP contribution in [0.3, 0.4) is 0 Å². The summed E-state index contributed by atoms with van der Waals surface area (Å²) in [6.45, 7) is 2.54. The number of rotatable bonds is 4. The molecule has 0 saturated heterocycles. The fourth-order valence-corrected chi connectivity index (χ4v) is 1.86. The molecule has 96 valence electrons. The van der Waals surface area contributed by atoms with E-state index in [9.17, 15) is 4.39 Å². The van der Waals surface area contributed by atoms with Crippen LogP contribution in [-0.4, -0.2) is 4.98 Å². The molecule has 4 heteroatoms. The smallest absolute Gasteiger partial charge is 0.124 e. The molecule has 0 saturated carbocycles. The van der Waals surface area contributed by atoms with Crippen molar-refractivity contribution in [3.63, 3.8) is 0 Å². The molecule has 0 radical (unpaired) electrons. The van der Waals surface area contributed by atoms with Gasteiger partial charge in [-0.3, -0.25) is 4.98 Å². The summed E-state index contributed by atoms with van der Waals surface area (Å²) in [5.74, 6) is -0.382. The first kappa shape index (κ1) is 13.2. The maximum atomic E-state index is 13.3. The third kappa shape index (κ3) is 3.60. The Morgan fingerprint density at radius 3 is 2.74 bits per heavy atom. The van der Waals surface area contributed by atoms with Crippen LogP contribution >= 0.6 is 0 Å². The lowest BCUT2D eigenvalue weighted by Crippen LogP contribution is -2.18. The molecule has 1 aromatic heterocycles. The Morgan fingerprint density at radius 2 is 2.05 bits per heavy atom. The molecule has 19 heavy (non-hydrogen) atoms. The number of nitrogens with zero attached hydrogens (tertiary/aromatic N) is 2. The van der Waals surface area contributed by atoms with Crippen molar-refractivity contribution in [3.05, 3.63) is 65.2 Å². The van der Waals surface area contributed by atoms with E-state index in [1.54, 1.807) is 18.5 Å². The molecule has 0 unspecified atom stereocenters. The van der Waals surface area contributed by atoms with E-state index in [1.165, 1.54) is 12.1 Å². The van der Waals surface area contributed by atoms with Gasteiger partial charge in [0.25, 0.3) is 0 Å². The normalized spacial score (nSPS) is 11.8. The number of hydrogen-bond acceptors (Lipinski definition) is 3. The number of nitrogens with one attached hydrogen (secondary N) is 1. The summed E-state index contributed by atoms with van der Waals surface area (Å²) in [6.07, 6.45) is 3.48. The summed E-state index contributed by atoms with van der Waals surface area (Å²) < 4.78 is 13.3. The predicted molar refractivity (Wildman–Crippen MR) is 70.6 cm³/mol. The molecule has 1 aromatic carbocycles. The standard InChI is InChI=1S/C15H14FN3/c1-11(14-2-4-18-5-3-14)19-10-13-6-12(9-17)7-15(16)8-13/h2-8,11,19H,10H2,1H3/t11-/m0/s1. The lowest BCUT2D eigenvalue weighted by molar-refractivity contribution is 0.568. The Labute approximate surface area is 111 Å². The largest absolute Gasteiger partial charge is 0.306 e. The molecule has 2 rings (SSSR count).